The molecule has 0 bridgehead atoms. The minimum absolute atomic E-state index is 0.0276. The maximum Gasteiger partial charge on any atom is 0.261 e. The maximum absolute atomic E-state index is 12.8. The normalized spacial score (nSPS) is 11.3. The van der Waals surface area contributed by atoms with E-state index in [2.05, 4.69) is 14.7 Å². The van der Waals surface area contributed by atoms with Gasteiger partial charge in [0.2, 0.25) is 0 Å². The Morgan fingerprint density at radius 3 is 2.34 bits per heavy atom. The van der Waals surface area contributed by atoms with Crippen LogP contribution in [-0.4, -0.2) is 30.3 Å². The lowest BCUT2D eigenvalue weighted by Crippen LogP contribution is -2.16. The second-order valence-corrected chi connectivity index (χ2v) is 8.51. The maximum atomic E-state index is 12.8. The standard InChI is InChI=1S/C20H18ClN3O4S/c1-13(2)28-16-4-6-17(7-5-16)29(26,27)24-19-8-3-15(21)9-18(19)20(25)14-10-22-12-23-11-14/h3-13,24H,1-2H3. The summed E-state index contributed by atoms with van der Waals surface area (Å²) in [7, 11) is -3.94. The summed E-state index contributed by atoms with van der Waals surface area (Å²) in [6, 6.07) is 10.3. The molecule has 0 atom stereocenters. The first kappa shape index (κ1) is 20.8. The fourth-order valence-electron chi connectivity index (χ4n) is 2.54. The van der Waals surface area contributed by atoms with E-state index in [1.807, 2.05) is 13.8 Å². The molecule has 0 unspecified atom stereocenters. The quantitative estimate of drug-likeness (QED) is 0.569. The summed E-state index contributed by atoms with van der Waals surface area (Å²) < 4.78 is 33.6. The van der Waals surface area contributed by atoms with Crippen molar-refractivity contribution >= 4 is 33.1 Å². The molecule has 0 fully saturated rings. The third-order valence-electron chi connectivity index (χ3n) is 3.80. The first-order valence-corrected chi connectivity index (χ1v) is 10.5. The minimum Gasteiger partial charge on any atom is -0.491 e. The summed E-state index contributed by atoms with van der Waals surface area (Å²) >= 11 is 6.02. The fraction of sp³-hybridized carbons (Fsp3) is 0.150. The fourth-order valence-corrected chi connectivity index (χ4v) is 3.79. The van der Waals surface area contributed by atoms with Gasteiger partial charge in [-0.3, -0.25) is 9.52 Å². The van der Waals surface area contributed by atoms with Crippen LogP contribution in [0.25, 0.3) is 0 Å². The van der Waals surface area contributed by atoms with Crippen molar-refractivity contribution in [1.29, 1.82) is 0 Å². The second kappa shape index (κ2) is 8.59. The van der Waals surface area contributed by atoms with Gasteiger partial charge in [-0.25, -0.2) is 18.4 Å². The molecule has 1 aromatic heterocycles. The molecule has 2 aromatic carbocycles. The Morgan fingerprint density at radius 2 is 1.72 bits per heavy atom. The number of halogens is 1. The van der Waals surface area contributed by atoms with Gasteiger partial charge in [0.1, 0.15) is 12.1 Å². The van der Waals surface area contributed by atoms with E-state index in [0.29, 0.717) is 10.8 Å². The molecule has 1 N–H and O–H groups in total. The van der Waals surface area contributed by atoms with Crippen molar-refractivity contribution in [2.24, 2.45) is 0 Å². The average molecular weight is 432 g/mol. The van der Waals surface area contributed by atoms with E-state index in [4.69, 9.17) is 16.3 Å². The summed E-state index contributed by atoms with van der Waals surface area (Å²) in [5.41, 5.74) is 0.409. The van der Waals surface area contributed by atoms with Crippen LogP contribution in [0, 0.1) is 0 Å². The van der Waals surface area contributed by atoms with Gasteiger partial charge in [-0.15, -0.1) is 0 Å². The van der Waals surface area contributed by atoms with Crippen LogP contribution in [-0.2, 0) is 10.0 Å². The van der Waals surface area contributed by atoms with Crippen LogP contribution in [0.3, 0.4) is 0 Å². The molecule has 0 aliphatic carbocycles. The molecule has 0 aliphatic rings. The number of rotatable bonds is 7. The zero-order chi connectivity index (χ0) is 21.0. The number of aromatic nitrogens is 2. The lowest BCUT2D eigenvalue weighted by atomic mass is 10.0. The van der Waals surface area contributed by atoms with Crippen LogP contribution in [0.4, 0.5) is 5.69 Å². The number of sulfonamides is 1. The molecule has 150 valence electrons. The number of hydrogen-bond donors (Lipinski definition) is 1. The van der Waals surface area contributed by atoms with Gasteiger partial charge in [0.05, 0.1) is 22.3 Å². The molecule has 0 saturated heterocycles. The molecule has 9 heteroatoms. The van der Waals surface area contributed by atoms with E-state index < -0.39 is 15.8 Å². The molecule has 0 amide bonds. The van der Waals surface area contributed by atoms with Crippen molar-refractivity contribution in [2.45, 2.75) is 24.8 Å². The molecule has 3 aromatic rings. The van der Waals surface area contributed by atoms with Crippen LogP contribution in [0.2, 0.25) is 5.02 Å². The summed E-state index contributed by atoms with van der Waals surface area (Å²) in [6.45, 7) is 3.76. The number of ether oxygens (including phenoxy) is 1. The van der Waals surface area contributed by atoms with Crippen molar-refractivity contribution in [3.63, 3.8) is 0 Å². The Kier molecular flexibility index (Phi) is 6.14. The first-order chi connectivity index (χ1) is 13.8. The topological polar surface area (TPSA) is 98.2 Å². The highest BCUT2D eigenvalue weighted by Gasteiger charge is 2.20. The van der Waals surface area contributed by atoms with E-state index in [1.165, 1.54) is 49.1 Å². The molecule has 3 rings (SSSR count). The summed E-state index contributed by atoms with van der Waals surface area (Å²) in [6.07, 6.45) is 3.97. The predicted octanol–water partition coefficient (Wildman–Crippen LogP) is 3.95. The first-order valence-electron chi connectivity index (χ1n) is 8.65. The van der Waals surface area contributed by atoms with E-state index in [-0.39, 0.29) is 27.8 Å². The largest absolute Gasteiger partial charge is 0.491 e. The Hall–Kier alpha value is -2.97. The number of nitrogens with zero attached hydrogens (tertiary/aromatic N) is 2. The van der Waals surface area contributed by atoms with Gasteiger partial charge in [0, 0.05) is 23.0 Å². The molecular weight excluding hydrogens is 414 g/mol. The SMILES string of the molecule is CC(C)Oc1ccc(S(=O)(=O)Nc2ccc(Cl)cc2C(=O)c2cncnc2)cc1. The summed E-state index contributed by atoms with van der Waals surface area (Å²) in [4.78, 5) is 20.5. The van der Waals surface area contributed by atoms with E-state index >= 15 is 0 Å². The third kappa shape index (κ3) is 5.10. The molecule has 29 heavy (non-hydrogen) atoms. The highest BCUT2D eigenvalue weighted by Crippen LogP contribution is 2.26. The third-order valence-corrected chi connectivity index (χ3v) is 5.42. The van der Waals surface area contributed by atoms with Crippen LogP contribution in [0.5, 0.6) is 5.75 Å². The number of hydrogen-bond acceptors (Lipinski definition) is 6. The van der Waals surface area contributed by atoms with Crippen LogP contribution < -0.4 is 9.46 Å². The Labute approximate surface area is 173 Å². The lowest BCUT2D eigenvalue weighted by Gasteiger charge is -2.13. The smallest absolute Gasteiger partial charge is 0.261 e. The molecule has 0 radical (unpaired) electrons. The second-order valence-electron chi connectivity index (χ2n) is 6.39. The van der Waals surface area contributed by atoms with E-state index in [0.717, 1.165) is 0 Å². The van der Waals surface area contributed by atoms with Gasteiger partial charge in [-0.1, -0.05) is 11.6 Å². The molecule has 1 heterocycles. The predicted molar refractivity (Wildman–Crippen MR) is 110 cm³/mol. The highest BCUT2D eigenvalue weighted by atomic mass is 35.5. The molecule has 7 nitrogen and oxygen atoms in total. The number of nitrogens with one attached hydrogen (secondary N) is 1. The van der Waals surface area contributed by atoms with Gasteiger partial charge in [0.25, 0.3) is 10.0 Å². The Morgan fingerprint density at radius 1 is 1.07 bits per heavy atom. The van der Waals surface area contributed by atoms with Gasteiger partial charge >= 0.3 is 0 Å². The van der Waals surface area contributed by atoms with E-state index in [1.54, 1.807) is 12.1 Å². The zero-order valence-electron chi connectivity index (χ0n) is 15.7. The van der Waals surface area contributed by atoms with E-state index in [9.17, 15) is 13.2 Å². The summed E-state index contributed by atoms with van der Waals surface area (Å²) in [5.74, 6) is 0.108. The molecule has 0 spiro atoms. The van der Waals surface area contributed by atoms with Gasteiger partial charge in [-0.2, -0.15) is 0 Å². The zero-order valence-corrected chi connectivity index (χ0v) is 17.2. The van der Waals surface area contributed by atoms with Crippen molar-refractivity contribution in [3.05, 3.63) is 77.3 Å². The van der Waals surface area contributed by atoms with Crippen molar-refractivity contribution in [1.82, 2.24) is 9.97 Å². The van der Waals surface area contributed by atoms with Crippen LogP contribution in [0.1, 0.15) is 29.8 Å². The van der Waals surface area contributed by atoms with Gasteiger partial charge < -0.3 is 4.74 Å². The molecule has 0 saturated carbocycles. The molecular formula is C20H18ClN3O4S. The van der Waals surface area contributed by atoms with Crippen molar-refractivity contribution < 1.29 is 17.9 Å². The number of anilines is 1. The Balaban J connectivity index is 1.92. The average Bonchev–Trinajstić information content (AvgIpc) is 2.69. The van der Waals surface area contributed by atoms with Gasteiger partial charge in [-0.05, 0) is 56.3 Å². The van der Waals surface area contributed by atoms with Crippen LogP contribution >= 0.6 is 11.6 Å². The Bertz CT molecular complexity index is 1120. The van der Waals surface area contributed by atoms with Crippen LogP contribution in [0.15, 0.2) is 66.1 Å². The lowest BCUT2D eigenvalue weighted by molar-refractivity contribution is 0.103. The number of carbonyl (C=O) groups excluding carboxylic acids is 1. The highest BCUT2D eigenvalue weighted by molar-refractivity contribution is 7.92. The number of benzene rings is 2. The monoisotopic (exact) mass is 431 g/mol. The number of ketones is 1. The summed E-state index contributed by atoms with van der Waals surface area (Å²) in [5, 5.41) is 0.295. The molecule has 0 aliphatic heterocycles. The minimum atomic E-state index is -3.94. The van der Waals surface area contributed by atoms with Crippen molar-refractivity contribution in [2.75, 3.05) is 4.72 Å². The van der Waals surface area contributed by atoms with Crippen molar-refractivity contribution in [3.8, 4) is 5.75 Å². The number of carbonyl (C=O) groups is 1. The van der Waals surface area contributed by atoms with Gasteiger partial charge in [0.15, 0.2) is 5.78 Å².